The Morgan fingerprint density at radius 3 is 2.62 bits per heavy atom. The van der Waals surface area contributed by atoms with Crippen molar-refractivity contribution in [1.29, 1.82) is 0 Å². The zero-order valence-electron chi connectivity index (χ0n) is 14.4. The lowest BCUT2D eigenvalue weighted by molar-refractivity contribution is -0.172. The van der Waals surface area contributed by atoms with E-state index < -0.39 is 19.6 Å². The molecular weight excluding hydrogens is 437 g/mol. The molecule has 130 valence electrons. The van der Waals surface area contributed by atoms with Crippen LogP contribution in [-0.4, -0.2) is 23.7 Å². The zero-order valence-corrected chi connectivity index (χ0v) is 17.6. The fraction of sp³-hybridized carbons (Fsp3) is 0.529. The van der Waals surface area contributed by atoms with Gasteiger partial charge in [-0.3, -0.25) is 9.36 Å². The second-order valence-electron chi connectivity index (χ2n) is 7.13. The Kier molecular flexibility index (Phi) is 5.62. The third-order valence-electron chi connectivity index (χ3n) is 3.97. The number of ether oxygens (including phenoxy) is 1. The predicted octanol–water partition coefficient (Wildman–Crippen LogP) is 2.45. The predicted molar refractivity (Wildman–Crippen MR) is 103 cm³/mol. The van der Waals surface area contributed by atoms with Crippen molar-refractivity contribution in [2.75, 3.05) is 0 Å². The Balaban J connectivity index is 2.42. The van der Waals surface area contributed by atoms with Gasteiger partial charge in [0.15, 0.2) is 5.60 Å². The number of halogens is 1. The van der Waals surface area contributed by atoms with Crippen LogP contribution < -0.4 is 5.56 Å². The van der Waals surface area contributed by atoms with Crippen LogP contribution in [0.4, 0.5) is 0 Å². The molecule has 0 aromatic carbocycles. The van der Waals surface area contributed by atoms with E-state index >= 15 is 0 Å². The lowest BCUT2D eigenvalue weighted by atomic mass is 9.87. The van der Waals surface area contributed by atoms with Crippen LogP contribution in [0.3, 0.4) is 0 Å². The second-order valence-corrected chi connectivity index (χ2v) is 13.7. The lowest BCUT2D eigenvalue weighted by Gasteiger charge is -2.31. The van der Waals surface area contributed by atoms with Gasteiger partial charge in [-0.2, -0.15) is 0 Å². The number of cyclic esters (lactones) is 1. The molecule has 1 unspecified atom stereocenters. The number of rotatable bonds is 3. The quantitative estimate of drug-likeness (QED) is 0.248. The number of carbonyl (C=O) groups excluding carboxylic acids is 1. The number of pyridine rings is 1. The number of aliphatic hydroxyl groups is 1. The van der Waals surface area contributed by atoms with E-state index in [1.165, 1.54) is 0 Å². The molecule has 1 aromatic rings. The summed E-state index contributed by atoms with van der Waals surface area (Å²) in [5.41, 5.74) is -1.29. The summed E-state index contributed by atoms with van der Waals surface area (Å²) in [6.45, 7) is 8.63. The third-order valence-corrected chi connectivity index (χ3v) is 6.10. The van der Waals surface area contributed by atoms with E-state index in [0.717, 1.165) is 6.04 Å². The van der Waals surface area contributed by atoms with Crippen molar-refractivity contribution in [3.63, 3.8) is 0 Å². The molecule has 7 heteroatoms. The summed E-state index contributed by atoms with van der Waals surface area (Å²) in [4.78, 5) is 24.7. The molecule has 0 fully saturated rings. The first-order valence-corrected chi connectivity index (χ1v) is 12.7. The molecule has 1 aliphatic rings. The van der Waals surface area contributed by atoms with E-state index in [-0.39, 0.29) is 18.6 Å². The summed E-state index contributed by atoms with van der Waals surface area (Å²) in [5.74, 6) is 5.53. The van der Waals surface area contributed by atoms with E-state index in [0.29, 0.717) is 21.4 Å². The van der Waals surface area contributed by atoms with Gasteiger partial charge in [0, 0.05) is 11.6 Å². The van der Waals surface area contributed by atoms with Crippen LogP contribution in [-0.2, 0) is 28.3 Å². The van der Waals surface area contributed by atoms with Gasteiger partial charge >= 0.3 is 5.97 Å². The third kappa shape index (κ3) is 3.76. The fourth-order valence-corrected chi connectivity index (χ4v) is 3.84. The summed E-state index contributed by atoms with van der Waals surface area (Å²) >= 11 is 2.04. The smallest absolute Gasteiger partial charge is 0.343 e. The number of fused-ring (bicyclic) bond motifs is 1. The van der Waals surface area contributed by atoms with Gasteiger partial charge in [0.25, 0.3) is 5.56 Å². The molecule has 1 atom stereocenters. The SMILES string of the molecule is CCC1(O)C(=O)OCc2c1cc(I)n(CC#CC[Si](C)(C)C)c2=O. The number of hydrogen-bond donors (Lipinski definition) is 1. The van der Waals surface area contributed by atoms with Crippen LogP contribution >= 0.6 is 22.6 Å². The first kappa shape index (κ1) is 19.2. The van der Waals surface area contributed by atoms with Gasteiger partial charge < -0.3 is 9.84 Å². The molecule has 1 aliphatic heterocycles. The summed E-state index contributed by atoms with van der Waals surface area (Å²) in [6.07, 6.45) is 0.161. The molecule has 0 amide bonds. The minimum atomic E-state index is -1.74. The Bertz CT molecular complexity index is 785. The average Bonchev–Trinajstić information content (AvgIpc) is 2.49. The molecule has 0 spiro atoms. The van der Waals surface area contributed by atoms with Crippen molar-refractivity contribution in [2.24, 2.45) is 0 Å². The van der Waals surface area contributed by atoms with Crippen LogP contribution in [0.25, 0.3) is 0 Å². The largest absolute Gasteiger partial charge is 0.458 e. The summed E-state index contributed by atoms with van der Waals surface area (Å²) in [5, 5.41) is 10.6. The van der Waals surface area contributed by atoms with Crippen LogP contribution in [0.2, 0.25) is 25.7 Å². The molecule has 0 saturated heterocycles. The fourth-order valence-electron chi connectivity index (χ4n) is 2.48. The van der Waals surface area contributed by atoms with Crippen LogP contribution in [0.1, 0.15) is 24.5 Å². The van der Waals surface area contributed by atoms with Gasteiger partial charge in [0.2, 0.25) is 0 Å². The van der Waals surface area contributed by atoms with Crippen molar-refractivity contribution >= 4 is 36.6 Å². The molecule has 0 saturated carbocycles. The molecule has 0 bridgehead atoms. The van der Waals surface area contributed by atoms with E-state index in [1.807, 2.05) is 22.6 Å². The van der Waals surface area contributed by atoms with Gasteiger partial charge in [-0.25, -0.2) is 4.79 Å². The standard InChI is InChI=1S/C17H22INO4Si/c1-5-17(22)13-10-14(18)19(8-6-7-9-24(2,3)4)15(20)12(13)11-23-16(17)21/h10,22H,5,8-9,11H2,1-4H3. The monoisotopic (exact) mass is 459 g/mol. The van der Waals surface area contributed by atoms with Crippen molar-refractivity contribution in [1.82, 2.24) is 4.57 Å². The van der Waals surface area contributed by atoms with E-state index in [1.54, 1.807) is 17.6 Å². The first-order valence-electron chi connectivity index (χ1n) is 7.88. The highest BCUT2D eigenvalue weighted by Crippen LogP contribution is 2.33. The van der Waals surface area contributed by atoms with Crippen molar-refractivity contribution in [2.45, 2.75) is 57.8 Å². The molecular formula is C17H22INO4Si. The van der Waals surface area contributed by atoms with E-state index in [2.05, 4.69) is 31.5 Å². The molecule has 5 nitrogen and oxygen atoms in total. The van der Waals surface area contributed by atoms with Crippen molar-refractivity contribution < 1.29 is 14.6 Å². The maximum absolute atomic E-state index is 12.7. The van der Waals surface area contributed by atoms with Gasteiger partial charge in [0.1, 0.15) is 6.61 Å². The summed E-state index contributed by atoms with van der Waals surface area (Å²) < 4.78 is 7.24. The maximum atomic E-state index is 12.7. The van der Waals surface area contributed by atoms with Gasteiger partial charge in [-0.15, -0.1) is 5.92 Å². The number of esters is 1. The minimum Gasteiger partial charge on any atom is -0.458 e. The van der Waals surface area contributed by atoms with Gasteiger partial charge in [0.05, 0.1) is 23.9 Å². The Labute approximate surface area is 156 Å². The van der Waals surface area contributed by atoms with Crippen LogP contribution in [0.15, 0.2) is 10.9 Å². The Hall–Kier alpha value is -1.11. The number of aromatic nitrogens is 1. The molecule has 2 rings (SSSR count). The molecule has 0 aliphatic carbocycles. The topological polar surface area (TPSA) is 68.5 Å². The number of nitrogens with zero attached hydrogens (tertiary/aromatic N) is 1. The van der Waals surface area contributed by atoms with Crippen LogP contribution in [0.5, 0.6) is 0 Å². The van der Waals surface area contributed by atoms with Gasteiger partial charge in [-0.1, -0.05) is 32.5 Å². The highest BCUT2D eigenvalue weighted by molar-refractivity contribution is 14.1. The maximum Gasteiger partial charge on any atom is 0.343 e. The summed E-state index contributed by atoms with van der Waals surface area (Å²) in [6, 6.07) is 2.58. The molecule has 1 aromatic heterocycles. The molecule has 0 radical (unpaired) electrons. The Morgan fingerprint density at radius 2 is 2.04 bits per heavy atom. The zero-order chi connectivity index (χ0) is 18.1. The minimum absolute atomic E-state index is 0.103. The summed E-state index contributed by atoms with van der Waals surface area (Å²) in [7, 11) is -1.23. The normalized spacial score (nSPS) is 20.0. The van der Waals surface area contributed by atoms with Gasteiger partial charge in [-0.05, 0) is 35.1 Å². The number of hydrogen-bond acceptors (Lipinski definition) is 4. The molecule has 24 heavy (non-hydrogen) atoms. The lowest BCUT2D eigenvalue weighted by Crippen LogP contribution is -2.44. The van der Waals surface area contributed by atoms with Crippen LogP contribution in [0, 0.1) is 15.5 Å². The first-order chi connectivity index (χ1) is 11.1. The van der Waals surface area contributed by atoms with E-state index in [4.69, 9.17) is 4.74 Å². The van der Waals surface area contributed by atoms with Crippen molar-refractivity contribution in [3.8, 4) is 11.8 Å². The second kappa shape index (κ2) is 7.02. The number of carbonyl (C=O) groups is 1. The Morgan fingerprint density at radius 1 is 1.38 bits per heavy atom. The van der Waals surface area contributed by atoms with Crippen molar-refractivity contribution in [3.05, 3.63) is 31.2 Å². The molecule has 1 N–H and O–H groups in total. The average molecular weight is 459 g/mol. The highest BCUT2D eigenvalue weighted by atomic mass is 127. The highest BCUT2D eigenvalue weighted by Gasteiger charge is 2.44. The van der Waals surface area contributed by atoms with E-state index in [9.17, 15) is 14.7 Å². The molecule has 2 heterocycles.